The zero-order valence-corrected chi connectivity index (χ0v) is 19.2. The summed E-state index contributed by atoms with van der Waals surface area (Å²) in [5, 5.41) is 4.12. The normalized spacial score (nSPS) is 15.0. The molecule has 176 valence electrons. The van der Waals surface area contributed by atoms with Gasteiger partial charge in [-0.05, 0) is 55.5 Å². The molecule has 1 saturated carbocycles. The van der Waals surface area contributed by atoms with E-state index in [-0.39, 0.29) is 27.0 Å². The summed E-state index contributed by atoms with van der Waals surface area (Å²) in [5.74, 6) is 1.41. The van der Waals surface area contributed by atoms with Crippen molar-refractivity contribution in [1.82, 2.24) is 34.7 Å². The molecule has 1 fully saturated rings. The zero-order valence-electron chi connectivity index (χ0n) is 17.7. The number of anilines is 1. The second-order valence-electron chi connectivity index (χ2n) is 8.02. The van der Waals surface area contributed by atoms with E-state index in [1.54, 1.807) is 18.5 Å². The average Bonchev–Trinajstić information content (AvgIpc) is 3.49. The van der Waals surface area contributed by atoms with E-state index in [4.69, 9.17) is 23.2 Å². The van der Waals surface area contributed by atoms with Crippen LogP contribution in [0.5, 0.6) is 0 Å². The summed E-state index contributed by atoms with van der Waals surface area (Å²) in [4.78, 5) is 23.2. The molecule has 3 heterocycles. The van der Waals surface area contributed by atoms with Gasteiger partial charge < -0.3 is 4.90 Å². The molecule has 1 aliphatic rings. The Balaban J connectivity index is 1.67. The van der Waals surface area contributed by atoms with Crippen LogP contribution in [0.1, 0.15) is 37.2 Å². The summed E-state index contributed by atoms with van der Waals surface area (Å²) >= 11 is 12.4. The first-order valence-electron chi connectivity index (χ1n) is 10.4. The highest BCUT2D eigenvalue weighted by Gasteiger charge is 2.35. The Morgan fingerprint density at radius 3 is 2.53 bits per heavy atom. The van der Waals surface area contributed by atoms with Crippen LogP contribution >= 0.6 is 23.2 Å². The first-order valence-corrected chi connectivity index (χ1v) is 11.2. The Labute approximate surface area is 201 Å². The predicted molar refractivity (Wildman–Crippen MR) is 120 cm³/mol. The fourth-order valence-electron chi connectivity index (χ4n) is 3.77. The number of nitrogens with zero attached hydrogens (tertiary/aromatic N) is 8. The van der Waals surface area contributed by atoms with Crippen molar-refractivity contribution in [3.05, 3.63) is 58.6 Å². The van der Waals surface area contributed by atoms with Crippen molar-refractivity contribution in [2.24, 2.45) is 5.92 Å². The second kappa shape index (κ2) is 8.62. The van der Waals surface area contributed by atoms with Gasteiger partial charge in [0.2, 0.25) is 5.28 Å². The van der Waals surface area contributed by atoms with Crippen LogP contribution in [0, 0.1) is 5.92 Å². The number of fused-ring (bicyclic) bond motifs is 1. The third-order valence-corrected chi connectivity index (χ3v) is 6.07. The molecule has 8 nitrogen and oxygen atoms in total. The van der Waals surface area contributed by atoms with Gasteiger partial charge in [-0.1, -0.05) is 11.6 Å². The van der Waals surface area contributed by atoms with E-state index in [9.17, 15) is 13.2 Å². The van der Waals surface area contributed by atoms with E-state index in [0.717, 1.165) is 25.0 Å². The summed E-state index contributed by atoms with van der Waals surface area (Å²) < 4.78 is 42.2. The Morgan fingerprint density at radius 2 is 1.85 bits per heavy atom. The third-order valence-electron chi connectivity index (χ3n) is 5.61. The van der Waals surface area contributed by atoms with Gasteiger partial charge in [-0.2, -0.15) is 27.9 Å². The lowest BCUT2D eigenvalue weighted by Crippen LogP contribution is -2.32. The quantitative estimate of drug-likeness (QED) is 0.326. The van der Waals surface area contributed by atoms with Gasteiger partial charge in [0.25, 0.3) is 5.95 Å². The van der Waals surface area contributed by atoms with Gasteiger partial charge in [-0.25, -0.2) is 19.9 Å². The van der Waals surface area contributed by atoms with E-state index in [0.29, 0.717) is 24.2 Å². The topological polar surface area (TPSA) is 85.5 Å². The van der Waals surface area contributed by atoms with E-state index in [1.165, 1.54) is 11.0 Å². The molecule has 34 heavy (non-hydrogen) atoms. The van der Waals surface area contributed by atoms with Crippen molar-refractivity contribution in [1.29, 1.82) is 0 Å². The van der Waals surface area contributed by atoms with Crippen molar-refractivity contribution in [3.8, 4) is 5.95 Å². The Morgan fingerprint density at radius 1 is 1.12 bits per heavy atom. The maximum Gasteiger partial charge on any atom is 0.416 e. The SMILES string of the molecule is CC(c1ncnn1-c1ncccn1)N(CC1CC1)c1nc(Cl)nc2c(Cl)cc(C(F)(F)F)cc12. The lowest BCUT2D eigenvalue weighted by Gasteiger charge is -2.31. The van der Waals surface area contributed by atoms with Crippen LogP contribution < -0.4 is 4.90 Å². The molecular formula is C21H17Cl2F3N8. The maximum atomic E-state index is 13.6. The van der Waals surface area contributed by atoms with Crippen LogP contribution in [-0.2, 0) is 6.18 Å². The molecule has 1 aromatic carbocycles. The molecule has 3 aromatic heterocycles. The average molecular weight is 509 g/mol. The number of halogens is 5. The molecular weight excluding hydrogens is 492 g/mol. The maximum absolute atomic E-state index is 13.6. The lowest BCUT2D eigenvalue weighted by molar-refractivity contribution is -0.137. The highest BCUT2D eigenvalue weighted by atomic mass is 35.5. The van der Waals surface area contributed by atoms with Gasteiger partial charge in [0.15, 0.2) is 5.82 Å². The Kier molecular flexibility index (Phi) is 5.76. The van der Waals surface area contributed by atoms with Crippen molar-refractivity contribution in [2.45, 2.75) is 32.0 Å². The molecule has 0 N–H and O–H groups in total. The second-order valence-corrected chi connectivity index (χ2v) is 8.76. The first kappa shape index (κ1) is 22.7. The third kappa shape index (κ3) is 4.37. The van der Waals surface area contributed by atoms with Gasteiger partial charge in [-0.3, -0.25) is 0 Å². The van der Waals surface area contributed by atoms with E-state index in [1.807, 2.05) is 11.8 Å². The van der Waals surface area contributed by atoms with Crippen molar-refractivity contribution >= 4 is 39.9 Å². The summed E-state index contributed by atoms with van der Waals surface area (Å²) in [6, 6.07) is 3.06. The summed E-state index contributed by atoms with van der Waals surface area (Å²) in [5.41, 5.74) is -0.748. The molecule has 0 saturated heterocycles. The van der Waals surface area contributed by atoms with E-state index >= 15 is 0 Å². The number of alkyl halides is 3. The van der Waals surface area contributed by atoms with Crippen LogP contribution in [-0.4, -0.2) is 41.2 Å². The molecule has 0 aliphatic heterocycles. The Hall–Kier alpha value is -3.05. The van der Waals surface area contributed by atoms with Crippen molar-refractivity contribution in [2.75, 3.05) is 11.4 Å². The molecule has 5 rings (SSSR count). The molecule has 1 aliphatic carbocycles. The highest BCUT2D eigenvalue weighted by molar-refractivity contribution is 6.36. The largest absolute Gasteiger partial charge is 0.416 e. The fourth-order valence-corrected chi connectivity index (χ4v) is 4.19. The Bertz CT molecular complexity index is 1340. The molecule has 0 radical (unpaired) electrons. The van der Waals surface area contributed by atoms with E-state index in [2.05, 4.69) is 30.0 Å². The van der Waals surface area contributed by atoms with Gasteiger partial charge in [0.1, 0.15) is 12.1 Å². The van der Waals surface area contributed by atoms with Crippen LogP contribution in [0.3, 0.4) is 0 Å². The molecule has 13 heteroatoms. The molecule has 1 atom stereocenters. The lowest BCUT2D eigenvalue weighted by atomic mass is 10.1. The predicted octanol–water partition coefficient (Wildman–Crippen LogP) is 5.30. The summed E-state index contributed by atoms with van der Waals surface area (Å²) in [6.45, 7) is 2.39. The number of hydrogen-bond acceptors (Lipinski definition) is 7. The molecule has 0 amide bonds. The molecule has 4 aromatic rings. The van der Waals surface area contributed by atoms with Crippen LogP contribution in [0.15, 0.2) is 36.9 Å². The number of hydrogen-bond donors (Lipinski definition) is 0. The zero-order chi connectivity index (χ0) is 24.0. The van der Waals surface area contributed by atoms with Crippen LogP contribution in [0.25, 0.3) is 16.9 Å². The standard InChI is InChI=1S/C21H17Cl2F3N8/c1-11(17-29-10-30-34(17)20-27-5-2-6-28-20)33(9-12-3-4-12)18-14-7-13(21(24,25)26)8-15(22)16(14)31-19(23)32-18/h2,5-8,10-12H,3-4,9H2,1H3. The minimum Gasteiger partial charge on any atom is -0.346 e. The van der Waals surface area contributed by atoms with Crippen molar-refractivity contribution in [3.63, 3.8) is 0 Å². The van der Waals surface area contributed by atoms with Crippen molar-refractivity contribution < 1.29 is 13.2 Å². The molecule has 0 spiro atoms. The molecule has 0 bridgehead atoms. The number of benzene rings is 1. The highest BCUT2D eigenvalue weighted by Crippen LogP contribution is 2.41. The molecule has 1 unspecified atom stereocenters. The minimum absolute atomic E-state index is 0.120. The van der Waals surface area contributed by atoms with Gasteiger partial charge in [-0.15, -0.1) is 0 Å². The van der Waals surface area contributed by atoms with E-state index < -0.39 is 17.8 Å². The van der Waals surface area contributed by atoms with Gasteiger partial charge in [0, 0.05) is 24.3 Å². The fraction of sp³-hybridized carbons (Fsp3) is 0.333. The smallest absolute Gasteiger partial charge is 0.346 e. The van der Waals surface area contributed by atoms with Gasteiger partial charge in [0.05, 0.1) is 22.1 Å². The summed E-state index contributed by atoms with van der Waals surface area (Å²) in [7, 11) is 0. The number of aromatic nitrogens is 7. The monoisotopic (exact) mass is 508 g/mol. The number of rotatable bonds is 6. The first-order chi connectivity index (χ1) is 16.2. The minimum atomic E-state index is -4.59. The van der Waals surface area contributed by atoms with Crippen LogP contribution in [0.2, 0.25) is 10.3 Å². The van der Waals surface area contributed by atoms with Crippen LogP contribution in [0.4, 0.5) is 19.0 Å². The summed E-state index contributed by atoms with van der Waals surface area (Å²) in [6.07, 6.45) is 1.96. The van der Waals surface area contributed by atoms with Gasteiger partial charge >= 0.3 is 6.18 Å².